The van der Waals surface area contributed by atoms with Crippen molar-refractivity contribution in [1.29, 1.82) is 0 Å². The van der Waals surface area contributed by atoms with E-state index >= 15 is 0 Å². The van der Waals surface area contributed by atoms with E-state index in [9.17, 15) is 0 Å². The summed E-state index contributed by atoms with van der Waals surface area (Å²) in [4.78, 5) is 0. The molecule has 2 aliphatic heterocycles. The fraction of sp³-hybridized carbons (Fsp3) is 0.786. The summed E-state index contributed by atoms with van der Waals surface area (Å²) in [5, 5.41) is 8.14. The zero-order valence-electron chi connectivity index (χ0n) is 11.3. The van der Waals surface area contributed by atoms with Crippen molar-refractivity contribution < 1.29 is 4.74 Å². The van der Waals surface area contributed by atoms with Crippen molar-refractivity contribution in [3.63, 3.8) is 0 Å². The minimum absolute atomic E-state index is 0.489. The minimum Gasteiger partial charge on any atom is -0.375 e. The lowest BCUT2D eigenvalue weighted by Crippen LogP contribution is -2.42. The molecule has 4 nitrogen and oxygen atoms in total. The highest BCUT2D eigenvalue weighted by Crippen LogP contribution is 2.40. The van der Waals surface area contributed by atoms with Gasteiger partial charge in [-0.15, -0.1) is 0 Å². The SMILES string of the molecule is CCNC(Cc1ccn(C)n1)C1CC2CCC1O2. The lowest BCUT2D eigenvalue weighted by atomic mass is 9.82. The molecular formula is C14H23N3O. The second-order valence-corrected chi connectivity index (χ2v) is 5.62. The molecule has 1 aromatic heterocycles. The molecule has 0 radical (unpaired) electrons. The fourth-order valence-electron chi connectivity index (χ4n) is 3.54. The zero-order chi connectivity index (χ0) is 12.5. The average Bonchev–Trinajstić information content (AvgIpc) is 3.05. The predicted molar refractivity (Wildman–Crippen MR) is 70.4 cm³/mol. The Kier molecular flexibility index (Phi) is 3.39. The van der Waals surface area contributed by atoms with Gasteiger partial charge < -0.3 is 10.1 Å². The number of nitrogens with one attached hydrogen (secondary N) is 1. The highest BCUT2D eigenvalue weighted by atomic mass is 16.5. The number of rotatable bonds is 5. The molecule has 2 fully saturated rings. The van der Waals surface area contributed by atoms with Gasteiger partial charge in [0.05, 0.1) is 17.9 Å². The van der Waals surface area contributed by atoms with Crippen LogP contribution in [0, 0.1) is 5.92 Å². The summed E-state index contributed by atoms with van der Waals surface area (Å²) in [6.07, 6.45) is 7.81. The van der Waals surface area contributed by atoms with Crippen LogP contribution in [0.1, 0.15) is 31.9 Å². The Bertz CT molecular complexity index is 403. The summed E-state index contributed by atoms with van der Waals surface area (Å²) in [7, 11) is 1.98. The molecule has 1 aromatic rings. The van der Waals surface area contributed by atoms with Crippen LogP contribution in [0.15, 0.2) is 12.3 Å². The number of hydrogen-bond acceptors (Lipinski definition) is 3. The molecule has 2 bridgehead atoms. The molecule has 0 aromatic carbocycles. The van der Waals surface area contributed by atoms with E-state index in [1.165, 1.54) is 25.0 Å². The van der Waals surface area contributed by atoms with E-state index in [1.807, 2.05) is 17.9 Å². The summed E-state index contributed by atoms with van der Waals surface area (Å²) in [5.41, 5.74) is 1.19. The van der Waals surface area contributed by atoms with E-state index in [0.717, 1.165) is 13.0 Å². The second kappa shape index (κ2) is 5.02. The number of likely N-dealkylation sites (N-methyl/N-ethyl adjacent to an activating group) is 1. The fourth-order valence-corrected chi connectivity index (χ4v) is 3.54. The Hall–Kier alpha value is -0.870. The number of fused-ring (bicyclic) bond motifs is 2. The summed E-state index contributed by atoms with van der Waals surface area (Å²) in [6.45, 7) is 3.20. The van der Waals surface area contributed by atoms with Crippen molar-refractivity contribution in [2.45, 2.75) is 50.9 Å². The molecule has 4 atom stereocenters. The molecule has 3 heterocycles. The van der Waals surface area contributed by atoms with E-state index in [2.05, 4.69) is 23.4 Å². The molecule has 18 heavy (non-hydrogen) atoms. The number of ether oxygens (including phenoxy) is 1. The minimum atomic E-state index is 0.489. The second-order valence-electron chi connectivity index (χ2n) is 5.62. The molecule has 4 unspecified atom stereocenters. The van der Waals surface area contributed by atoms with Gasteiger partial charge in [-0.25, -0.2) is 0 Å². The van der Waals surface area contributed by atoms with Crippen LogP contribution in [0.5, 0.6) is 0 Å². The average molecular weight is 249 g/mol. The molecule has 3 rings (SSSR count). The van der Waals surface area contributed by atoms with Crippen molar-refractivity contribution in [3.05, 3.63) is 18.0 Å². The van der Waals surface area contributed by atoms with Crippen LogP contribution in [-0.2, 0) is 18.2 Å². The Labute approximate surface area is 109 Å². The normalized spacial score (nSPS) is 32.0. The summed E-state index contributed by atoms with van der Waals surface area (Å²) in [6, 6.07) is 2.64. The van der Waals surface area contributed by atoms with Crippen LogP contribution in [0.4, 0.5) is 0 Å². The van der Waals surface area contributed by atoms with Gasteiger partial charge in [0.25, 0.3) is 0 Å². The van der Waals surface area contributed by atoms with E-state index in [1.54, 1.807) is 0 Å². The van der Waals surface area contributed by atoms with Gasteiger partial charge in [0, 0.05) is 31.6 Å². The van der Waals surface area contributed by atoms with Crippen molar-refractivity contribution in [2.75, 3.05) is 6.54 Å². The Morgan fingerprint density at radius 1 is 1.56 bits per heavy atom. The highest BCUT2D eigenvalue weighted by molar-refractivity contribution is 5.05. The first-order valence-electron chi connectivity index (χ1n) is 7.13. The standard InChI is InChI=1S/C14H23N3O/c1-3-15-13(8-10-6-7-17(2)16-10)12-9-11-4-5-14(12)18-11/h6-7,11-15H,3-5,8-9H2,1-2H3. The third kappa shape index (κ3) is 2.31. The molecule has 4 heteroatoms. The van der Waals surface area contributed by atoms with Gasteiger partial charge >= 0.3 is 0 Å². The quantitative estimate of drug-likeness (QED) is 0.859. The zero-order valence-corrected chi connectivity index (χ0v) is 11.3. The van der Waals surface area contributed by atoms with Gasteiger partial charge in [-0.05, 0) is 31.9 Å². The first-order valence-corrected chi connectivity index (χ1v) is 7.13. The summed E-state index contributed by atoms with van der Waals surface area (Å²) >= 11 is 0. The van der Waals surface area contributed by atoms with Gasteiger partial charge in [0.2, 0.25) is 0 Å². The third-order valence-corrected chi connectivity index (χ3v) is 4.33. The molecule has 0 aliphatic carbocycles. The van der Waals surface area contributed by atoms with E-state index in [4.69, 9.17) is 4.74 Å². The van der Waals surface area contributed by atoms with Crippen LogP contribution in [0.25, 0.3) is 0 Å². The first-order chi connectivity index (χ1) is 8.76. The number of aryl methyl sites for hydroxylation is 1. The number of aromatic nitrogens is 2. The molecule has 1 N–H and O–H groups in total. The van der Waals surface area contributed by atoms with Crippen molar-refractivity contribution >= 4 is 0 Å². The smallest absolute Gasteiger partial charge is 0.0640 e. The van der Waals surface area contributed by atoms with Crippen LogP contribution >= 0.6 is 0 Å². The van der Waals surface area contributed by atoms with Gasteiger partial charge in [-0.2, -0.15) is 5.10 Å². The van der Waals surface area contributed by atoms with Crippen molar-refractivity contribution in [1.82, 2.24) is 15.1 Å². The molecule has 0 spiro atoms. The Balaban J connectivity index is 1.68. The molecule has 0 saturated carbocycles. The highest BCUT2D eigenvalue weighted by Gasteiger charge is 2.44. The lowest BCUT2D eigenvalue weighted by Gasteiger charge is -2.28. The van der Waals surface area contributed by atoms with Crippen LogP contribution in [0.2, 0.25) is 0 Å². The van der Waals surface area contributed by atoms with Crippen LogP contribution in [0.3, 0.4) is 0 Å². The number of nitrogens with zero attached hydrogens (tertiary/aromatic N) is 2. The van der Waals surface area contributed by atoms with E-state index in [0.29, 0.717) is 24.2 Å². The maximum Gasteiger partial charge on any atom is 0.0640 e. The van der Waals surface area contributed by atoms with Crippen LogP contribution < -0.4 is 5.32 Å². The largest absolute Gasteiger partial charge is 0.375 e. The topological polar surface area (TPSA) is 39.1 Å². The predicted octanol–water partition coefficient (Wildman–Crippen LogP) is 1.51. The third-order valence-electron chi connectivity index (χ3n) is 4.33. The maximum absolute atomic E-state index is 5.99. The van der Waals surface area contributed by atoms with Gasteiger partial charge in [0.1, 0.15) is 0 Å². The monoisotopic (exact) mass is 249 g/mol. The van der Waals surface area contributed by atoms with Gasteiger partial charge in [-0.3, -0.25) is 4.68 Å². The molecule has 0 amide bonds. The van der Waals surface area contributed by atoms with Gasteiger partial charge in [-0.1, -0.05) is 6.92 Å². The first kappa shape index (κ1) is 12.2. The van der Waals surface area contributed by atoms with Crippen molar-refractivity contribution in [2.24, 2.45) is 13.0 Å². The molecule has 100 valence electrons. The Morgan fingerprint density at radius 3 is 3.00 bits per heavy atom. The van der Waals surface area contributed by atoms with Gasteiger partial charge in [0.15, 0.2) is 0 Å². The van der Waals surface area contributed by atoms with E-state index < -0.39 is 0 Å². The molecular weight excluding hydrogens is 226 g/mol. The molecule has 2 aliphatic rings. The summed E-state index contributed by atoms with van der Waals surface area (Å²) < 4.78 is 7.87. The maximum atomic E-state index is 5.99. The number of hydrogen-bond donors (Lipinski definition) is 1. The lowest BCUT2D eigenvalue weighted by molar-refractivity contribution is 0.0858. The van der Waals surface area contributed by atoms with Crippen LogP contribution in [-0.4, -0.2) is 34.6 Å². The molecule has 2 saturated heterocycles. The van der Waals surface area contributed by atoms with Crippen molar-refractivity contribution in [3.8, 4) is 0 Å². The summed E-state index contributed by atoms with van der Waals surface area (Å²) in [5.74, 6) is 0.672. The Morgan fingerprint density at radius 2 is 2.44 bits per heavy atom. The van der Waals surface area contributed by atoms with E-state index in [-0.39, 0.29) is 0 Å².